The molecule has 0 aromatic carbocycles. The molecular weight excluding hydrogens is 294 g/mol. The van der Waals surface area contributed by atoms with Gasteiger partial charge < -0.3 is 20.7 Å². The summed E-state index contributed by atoms with van der Waals surface area (Å²) in [5.41, 5.74) is -0.485. The number of hydrogen-bond acceptors (Lipinski definition) is 4. The van der Waals surface area contributed by atoms with Gasteiger partial charge in [-0.25, -0.2) is 4.79 Å². The summed E-state index contributed by atoms with van der Waals surface area (Å²) in [6.07, 6.45) is 4.02. The van der Waals surface area contributed by atoms with Crippen molar-refractivity contribution < 1.29 is 14.3 Å². The second-order valence-corrected chi connectivity index (χ2v) is 7.32. The van der Waals surface area contributed by atoms with E-state index in [-0.39, 0.29) is 24.1 Å². The van der Waals surface area contributed by atoms with Crippen molar-refractivity contribution in [2.75, 3.05) is 13.1 Å². The number of nitrogens with one attached hydrogen (secondary N) is 3. The minimum atomic E-state index is -0.485. The van der Waals surface area contributed by atoms with Gasteiger partial charge in [0.1, 0.15) is 5.60 Å². The van der Waals surface area contributed by atoms with Crippen LogP contribution in [-0.2, 0) is 9.53 Å². The van der Waals surface area contributed by atoms with Crippen LogP contribution >= 0.6 is 0 Å². The molecule has 0 aliphatic heterocycles. The lowest BCUT2D eigenvalue weighted by Crippen LogP contribution is -2.52. The van der Waals surface area contributed by atoms with Crippen LogP contribution in [0, 0.1) is 5.92 Å². The lowest BCUT2D eigenvalue weighted by Gasteiger charge is -2.34. The molecule has 0 saturated heterocycles. The molecule has 0 radical (unpaired) electrons. The average Bonchev–Trinajstić information content (AvgIpc) is 2.44. The molecule has 3 N–H and O–H groups in total. The Morgan fingerprint density at radius 1 is 1.17 bits per heavy atom. The Morgan fingerprint density at radius 3 is 2.43 bits per heavy atom. The maximum absolute atomic E-state index is 11.9. The Morgan fingerprint density at radius 2 is 1.83 bits per heavy atom. The average molecular weight is 327 g/mol. The van der Waals surface area contributed by atoms with Crippen molar-refractivity contribution in [3.05, 3.63) is 0 Å². The predicted molar refractivity (Wildman–Crippen MR) is 91.3 cm³/mol. The minimum Gasteiger partial charge on any atom is -0.444 e. The van der Waals surface area contributed by atoms with Gasteiger partial charge in [0.2, 0.25) is 5.91 Å². The van der Waals surface area contributed by atoms with Crippen molar-refractivity contribution in [3.8, 4) is 0 Å². The second-order valence-electron chi connectivity index (χ2n) is 7.32. The van der Waals surface area contributed by atoms with Crippen LogP contribution in [0.2, 0.25) is 0 Å². The van der Waals surface area contributed by atoms with Gasteiger partial charge in [-0.05, 0) is 53.4 Å². The summed E-state index contributed by atoms with van der Waals surface area (Å²) < 4.78 is 5.28. The Bertz CT molecular complexity index is 393. The zero-order chi connectivity index (χ0) is 17.5. The highest BCUT2D eigenvalue weighted by Crippen LogP contribution is 2.24. The standard InChI is InChI=1S/C17H33N3O3/c1-6-18-15(21)12(2)20-14-10-8-7-9-13(14)11-19-16(22)23-17(3,4)5/h12-14,20H,6-11H2,1-5H3,(H,18,21)(H,19,22). The Hall–Kier alpha value is -1.30. The number of rotatable bonds is 6. The molecule has 0 spiro atoms. The first-order valence-corrected chi connectivity index (χ1v) is 8.73. The van der Waals surface area contributed by atoms with E-state index >= 15 is 0 Å². The molecule has 1 saturated carbocycles. The molecule has 2 amide bonds. The van der Waals surface area contributed by atoms with Crippen LogP contribution in [0.3, 0.4) is 0 Å². The Labute approximate surface area is 140 Å². The van der Waals surface area contributed by atoms with Gasteiger partial charge in [-0.3, -0.25) is 4.79 Å². The van der Waals surface area contributed by atoms with E-state index in [2.05, 4.69) is 16.0 Å². The summed E-state index contributed by atoms with van der Waals surface area (Å²) >= 11 is 0. The number of carbonyl (C=O) groups is 2. The lowest BCUT2D eigenvalue weighted by atomic mass is 9.84. The second kappa shape index (κ2) is 9.11. The van der Waals surface area contributed by atoms with Crippen molar-refractivity contribution in [2.45, 2.75) is 78.0 Å². The fourth-order valence-corrected chi connectivity index (χ4v) is 2.92. The number of alkyl carbamates (subject to hydrolysis) is 1. The van der Waals surface area contributed by atoms with Crippen LogP contribution in [0.4, 0.5) is 4.79 Å². The largest absolute Gasteiger partial charge is 0.444 e. The van der Waals surface area contributed by atoms with Crippen molar-refractivity contribution in [2.24, 2.45) is 5.92 Å². The molecule has 1 rings (SSSR count). The number of amides is 2. The van der Waals surface area contributed by atoms with Crippen molar-refractivity contribution in [1.29, 1.82) is 0 Å². The maximum atomic E-state index is 11.9. The van der Waals surface area contributed by atoms with E-state index < -0.39 is 5.60 Å². The first-order chi connectivity index (χ1) is 10.7. The highest BCUT2D eigenvalue weighted by molar-refractivity contribution is 5.81. The molecule has 1 fully saturated rings. The zero-order valence-corrected chi connectivity index (χ0v) is 15.2. The lowest BCUT2D eigenvalue weighted by molar-refractivity contribution is -0.123. The molecule has 3 atom stereocenters. The monoisotopic (exact) mass is 327 g/mol. The van der Waals surface area contributed by atoms with E-state index in [1.165, 1.54) is 0 Å². The van der Waals surface area contributed by atoms with Crippen LogP contribution < -0.4 is 16.0 Å². The fourth-order valence-electron chi connectivity index (χ4n) is 2.92. The Balaban J connectivity index is 2.48. The maximum Gasteiger partial charge on any atom is 0.407 e. The number of ether oxygens (including phenoxy) is 1. The normalized spacial score (nSPS) is 23.0. The van der Waals surface area contributed by atoms with Crippen molar-refractivity contribution in [3.63, 3.8) is 0 Å². The first kappa shape index (κ1) is 19.7. The zero-order valence-electron chi connectivity index (χ0n) is 15.2. The molecule has 0 aromatic rings. The third-order valence-electron chi connectivity index (χ3n) is 4.02. The van der Waals surface area contributed by atoms with Crippen molar-refractivity contribution in [1.82, 2.24) is 16.0 Å². The van der Waals surface area contributed by atoms with Gasteiger partial charge in [-0.1, -0.05) is 12.8 Å². The molecule has 134 valence electrons. The van der Waals surface area contributed by atoms with Crippen LogP contribution in [-0.4, -0.2) is 42.8 Å². The van der Waals surface area contributed by atoms with E-state index in [4.69, 9.17) is 4.74 Å². The van der Waals surface area contributed by atoms with Gasteiger partial charge in [0.15, 0.2) is 0 Å². The van der Waals surface area contributed by atoms with Gasteiger partial charge >= 0.3 is 6.09 Å². The summed E-state index contributed by atoms with van der Waals surface area (Å²) in [6.45, 7) is 10.6. The summed E-state index contributed by atoms with van der Waals surface area (Å²) in [5, 5.41) is 9.12. The van der Waals surface area contributed by atoms with E-state index in [0.29, 0.717) is 19.0 Å². The van der Waals surface area contributed by atoms with E-state index in [9.17, 15) is 9.59 Å². The van der Waals surface area contributed by atoms with Crippen LogP contribution in [0.1, 0.15) is 60.3 Å². The molecule has 0 aromatic heterocycles. The van der Waals surface area contributed by atoms with E-state index in [1.807, 2.05) is 34.6 Å². The Kier molecular flexibility index (Phi) is 7.82. The quantitative estimate of drug-likeness (QED) is 0.698. The predicted octanol–water partition coefficient (Wildman–Crippen LogP) is 2.18. The molecule has 0 heterocycles. The summed E-state index contributed by atoms with van der Waals surface area (Å²) in [6, 6.07) is 0.0263. The van der Waals surface area contributed by atoms with Crippen molar-refractivity contribution >= 4 is 12.0 Å². The minimum absolute atomic E-state index is 0.0249. The third kappa shape index (κ3) is 7.68. The molecule has 23 heavy (non-hydrogen) atoms. The molecule has 3 unspecified atom stereocenters. The SMILES string of the molecule is CCNC(=O)C(C)NC1CCCCC1CNC(=O)OC(C)(C)C. The highest BCUT2D eigenvalue weighted by atomic mass is 16.6. The highest BCUT2D eigenvalue weighted by Gasteiger charge is 2.28. The fraction of sp³-hybridized carbons (Fsp3) is 0.882. The van der Waals surface area contributed by atoms with Gasteiger partial charge in [-0.2, -0.15) is 0 Å². The summed E-state index contributed by atoms with van der Waals surface area (Å²) in [5.74, 6) is 0.352. The summed E-state index contributed by atoms with van der Waals surface area (Å²) in [7, 11) is 0. The molecule has 6 nitrogen and oxygen atoms in total. The number of hydrogen-bond donors (Lipinski definition) is 3. The van der Waals surface area contributed by atoms with Crippen LogP contribution in [0.15, 0.2) is 0 Å². The van der Waals surface area contributed by atoms with Gasteiger partial charge in [0, 0.05) is 19.1 Å². The van der Waals surface area contributed by atoms with Gasteiger partial charge in [0.05, 0.1) is 6.04 Å². The molecule has 1 aliphatic rings. The molecule has 0 bridgehead atoms. The topological polar surface area (TPSA) is 79.5 Å². The van der Waals surface area contributed by atoms with Crippen LogP contribution in [0.25, 0.3) is 0 Å². The first-order valence-electron chi connectivity index (χ1n) is 8.73. The molecular formula is C17H33N3O3. The number of carbonyl (C=O) groups excluding carboxylic acids is 2. The third-order valence-corrected chi connectivity index (χ3v) is 4.02. The smallest absolute Gasteiger partial charge is 0.407 e. The van der Waals surface area contributed by atoms with Gasteiger partial charge in [0.25, 0.3) is 0 Å². The molecule has 1 aliphatic carbocycles. The van der Waals surface area contributed by atoms with E-state index in [0.717, 1.165) is 25.7 Å². The van der Waals surface area contributed by atoms with Crippen LogP contribution in [0.5, 0.6) is 0 Å². The summed E-state index contributed by atoms with van der Waals surface area (Å²) in [4.78, 5) is 23.7. The molecule has 6 heteroatoms. The number of likely N-dealkylation sites (N-methyl/N-ethyl adjacent to an activating group) is 1. The van der Waals surface area contributed by atoms with Gasteiger partial charge in [-0.15, -0.1) is 0 Å². The van der Waals surface area contributed by atoms with E-state index in [1.54, 1.807) is 0 Å².